The Morgan fingerprint density at radius 2 is 1.90 bits per heavy atom. The number of para-hydroxylation sites is 1. The predicted molar refractivity (Wildman–Crippen MR) is 78.3 cm³/mol. The molecule has 1 aromatic heterocycles. The maximum Gasteiger partial charge on any atom is 0.176 e. The van der Waals surface area contributed by atoms with E-state index in [-0.39, 0.29) is 0 Å². The zero-order valence-corrected chi connectivity index (χ0v) is 11.6. The molecular weight excluding hydrogens is 276 g/mol. The third kappa shape index (κ3) is 2.26. The molecule has 0 spiro atoms. The molecule has 0 amide bonds. The van der Waals surface area contributed by atoms with Crippen LogP contribution >= 0.6 is 11.6 Å². The molecule has 3 nitrogen and oxygen atoms in total. The molecule has 102 valence electrons. The van der Waals surface area contributed by atoms with Gasteiger partial charge in [-0.2, -0.15) is 0 Å². The van der Waals surface area contributed by atoms with Gasteiger partial charge < -0.3 is 14.3 Å². The Kier molecular flexibility index (Phi) is 3.38. The van der Waals surface area contributed by atoms with E-state index in [0.29, 0.717) is 22.1 Å². The number of hydrogen-bond donors (Lipinski definition) is 1. The first-order valence-corrected chi connectivity index (χ1v) is 6.57. The topological polar surface area (TPSA) is 42.6 Å². The average Bonchev–Trinajstić information content (AvgIpc) is 2.91. The number of aliphatic hydroxyl groups is 1. The highest BCUT2D eigenvalue weighted by molar-refractivity contribution is 6.30. The van der Waals surface area contributed by atoms with Gasteiger partial charge in [-0.15, -0.1) is 0 Å². The van der Waals surface area contributed by atoms with Crippen LogP contribution in [0.25, 0.3) is 11.0 Å². The summed E-state index contributed by atoms with van der Waals surface area (Å²) in [4.78, 5) is 0. The summed E-state index contributed by atoms with van der Waals surface area (Å²) in [6, 6.07) is 14.5. The number of rotatable bonds is 3. The van der Waals surface area contributed by atoms with Gasteiger partial charge in [-0.1, -0.05) is 35.9 Å². The number of ether oxygens (including phenoxy) is 1. The van der Waals surface area contributed by atoms with Crippen LogP contribution in [0.5, 0.6) is 5.75 Å². The van der Waals surface area contributed by atoms with E-state index in [9.17, 15) is 5.11 Å². The van der Waals surface area contributed by atoms with E-state index in [2.05, 4.69) is 0 Å². The van der Waals surface area contributed by atoms with Crippen LogP contribution < -0.4 is 4.74 Å². The van der Waals surface area contributed by atoms with Crippen molar-refractivity contribution in [3.8, 4) is 5.75 Å². The van der Waals surface area contributed by atoms with Gasteiger partial charge in [0.1, 0.15) is 11.9 Å². The van der Waals surface area contributed by atoms with Crippen LogP contribution in [0, 0.1) is 0 Å². The number of halogens is 1. The van der Waals surface area contributed by atoms with Crippen molar-refractivity contribution in [2.75, 3.05) is 7.11 Å². The molecule has 0 aliphatic carbocycles. The van der Waals surface area contributed by atoms with Gasteiger partial charge in [0.25, 0.3) is 0 Å². The smallest absolute Gasteiger partial charge is 0.176 e. The van der Waals surface area contributed by atoms with Crippen molar-refractivity contribution in [3.63, 3.8) is 0 Å². The fourth-order valence-electron chi connectivity index (χ4n) is 2.16. The number of hydrogen-bond acceptors (Lipinski definition) is 3. The minimum absolute atomic E-state index is 0.479. The predicted octanol–water partition coefficient (Wildman–Crippen LogP) is 4.18. The van der Waals surface area contributed by atoms with Gasteiger partial charge in [-0.05, 0) is 29.8 Å². The zero-order valence-electron chi connectivity index (χ0n) is 10.8. The molecule has 3 rings (SSSR count). The van der Waals surface area contributed by atoms with Gasteiger partial charge in [0.2, 0.25) is 0 Å². The second-order valence-corrected chi connectivity index (χ2v) is 4.92. The number of methoxy groups -OCH3 is 1. The second kappa shape index (κ2) is 5.19. The van der Waals surface area contributed by atoms with Gasteiger partial charge in [0, 0.05) is 10.4 Å². The fraction of sp³-hybridized carbons (Fsp3) is 0.125. The summed E-state index contributed by atoms with van der Waals surface area (Å²) in [6.07, 6.45) is -0.829. The van der Waals surface area contributed by atoms with Crippen LogP contribution in [0.3, 0.4) is 0 Å². The molecule has 2 aromatic carbocycles. The third-order valence-corrected chi connectivity index (χ3v) is 3.45. The molecule has 0 bridgehead atoms. The Morgan fingerprint density at radius 1 is 1.15 bits per heavy atom. The van der Waals surface area contributed by atoms with Crippen LogP contribution in [-0.2, 0) is 0 Å². The van der Waals surface area contributed by atoms with Gasteiger partial charge in [0.15, 0.2) is 11.3 Å². The molecule has 0 saturated heterocycles. The van der Waals surface area contributed by atoms with Crippen molar-refractivity contribution >= 4 is 22.6 Å². The third-order valence-electron chi connectivity index (χ3n) is 3.20. The molecule has 0 aliphatic heterocycles. The van der Waals surface area contributed by atoms with Crippen LogP contribution in [-0.4, -0.2) is 12.2 Å². The highest BCUT2D eigenvalue weighted by Gasteiger charge is 2.17. The molecule has 3 aromatic rings. The van der Waals surface area contributed by atoms with Gasteiger partial charge in [0.05, 0.1) is 7.11 Å². The van der Waals surface area contributed by atoms with Crippen LogP contribution in [0.2, 0.25) is 5.02 Å². The number of benzene rings is 2. The lowest BCUT2D eigenvalue weighted by Crippen LogP contribution is -1.97. The lowest BCUT2D eigenvalue weighted by atomic mass is 10.1. The number of aliphatic hydroxyl groups excluding tert-OH is 1. The SMILES string of the molecule is COc1cccc2cc(C(O)c3ccc(Cl)cc3)oc12. The Morgan fingerprint density at radius 3 is 2.60 bits per heavy atom. The van der Waals surface area contributed by atoms with Crippen molar-refractivity contribution in [3.05, 3.63) is 64.9 Å². The van der Waals surface area contributed by atoms with Crippen molar-refractivity contribution in [2.24, 2.45) is 0 Å². The van der Waals surface area contributed by atoms with Crippen molar-refractivity contribution in [1.82, 2.24) is 0 Å². The minimum atomic E-state index is -0.829. The van der Waals surface area contributed by atoms with Gasteiger partial charge in [-0.3, -0.25) is 0 Å². The largest absolute Gasteiger partial charge is 0.493 e. The highest BCUT2D eigenvalue weighted by atomic mass is 35.5. The molecule has 1 atom stereocenters. The molecule has 1 N–H and O–H groups in total. The summed E-state index contributed by atoms with van der Waals surface area (Å²) < 4.78 is 11.0. The Bertz CT molecular complexity index is 731. The Hall–Kier alpha value is -1.97. The van der Waals surface area contributed by atoms with E-state index >= 15 is 0 Å². The molecule has 0 saturated carbocycles. The first kappa shape index (κ1) is 13.0. The van der Waals surface area contributed by atoms with E-state index in [0.717, 1.165) is 10.9 Å². The second-order valence-electron chi connectivity index (χ2n) is 4.48. The zero-order chi connectivity index (χ0) is 14.1. The van der Waals surface area contributed by atoms with Crippen LogP contribution in [0.4, 0.5) is 0 Å². The maximum atomic E-state index is 10.4. The first-order chi connectivity index (χ1) is 9.69. The summed E-state index contributed by atoms with van der Waals surface area (Å²) in [7, 11) is 1.59. The lowest BCUT2D eigenvalue weighted by Gasteiger charge is -2.07. The molecule has 20 heavy (non-hydrogen) atoms. The average molecular weight is 289 g/mol. The van der Waals surface area contributed by atoms with Gasteiger partial charge >= 0.3 is 0 Å². The van der Waals surface area contributed by atoms with Crippen LogP contribution in [0.1, 0.15) is 17.4 Å². The summed E-state index contributed by atoms with van der Waals surface area (Å²) in [6.45, 7) is 0. The van der Waals surface area contributed by atoms with Crippen LogP contribution in [0.15, 0.2) is 52.9 Å². The summed E-state index contributed by atoms with van der Waals surface area (Å²) >= 11 is 5.84. The van der Waals surface area contributed by atoms with Crippen molar-refractivity contribution in [2.45, 2.75) is 6.10 Å². The van der Waals surface area contributed by atoms with E-state index in [1.165, 1.54) is 0 Å². The lowest BCUT2D eigenvalue weighted by molar-refractivity contribution is 0.192. The van der Waals surface area contributed by atoms with E-state index in [1.54, 1.807) is 31.4 Å². The summed E-state index contributed by atoms with van der Waals surface area (Å²) in [5.74, 6) is 1.13. The van der Waals surface area contributed by atoms with E-state index in [4.69, 9.17) is 20.8 Å². The summed E-state index contributed by atoms with van der Waals surface area (Å²) in [5, 5.41) is 11.9. The number of fused-ring (bicyclic) bond motifs is 1. The van der Waals surface area contributed by atoms with Gasteiger partial charge in [-0.25, -0.2) is 0 Å². The Labute approximate surface area is 121 Å². The van der Waals surface area contributed by atoms with E-state index < -0.39 is 6.10 Å². The monoisotopic (exact) mass is 288 g/mol. The highest BCUT2D eigenvalue weighted by Crippen LogP contribution is 2.33. The Balaban J connectivity index is 2.03. The minimum Gasteiger partial charge on any atom is -0.493 e. The number of furan rings is 1. The molecular formula is C16H13ClO3. The summed E-state index contributed by atoms with van der Waals surface area (Å²) in [5.41, 5.74) is 1.37. The quantitative estimate of drug-likeness (QED) is 0.786. The van der Waals surface area contributed by atoms with Crippen molar-refractivity contribution < 1.29 is 14.3 Å². The molecule has 0 radical (unpaired) electrons. The van der Waals surface area contributed by atoms with Crippen molar-refractivity contribution in [1.29, 1.82) is 0 Å². The molecule has 1 unspecified atom stereocenters. The first-order valence-electron chi connectivity index (χ1n) is 6.19. The molecule has 0 fully saturated rings. The molecule has 1 heterocycles. The molecule has 0 aliphatic rings. The normalized spacial score (nSPS) is 12.6. The molecule has 4 heteroatoms. The standard InChI is InChI=1S/C16H13ClO3/c1-19-13-4-2-3-11-9-14(20-16(11)13)15(18)10-5-7-12(17)8-6-10/h2-9,15,18H,1H3. The van der Waals surface area contributed by atoms with E-state index in [1.807, 2.05) is 24.3 Å². The maximum absolute atomic E-state index is 10.4. The fourth-order valence-corrected chi connectivity index (χ4v) is 2.29.